The van der Waals surface area contributed by atoms with Crippen LogP contribution in [0.2, 0.25) is 0 Å². The number of aliphatic carboxylic acids is 1. The van der Waals surface area contributed by atoms with Gasteiger partial charge in [0.25, 0.3) is 5.97 Å². The lowest BCUT2D eigenvalue weighted by Gasteiger charge is -1.59. The number of carboxylic acids is 1. The Labute approximate surface area is 42.1 Å². The first-order valence-electron chi connectivity index (χ1n) is 1.42. The molecule has 0 rings (SSSR count). The summed E-state index contributed by atoms with van der Waals surface area (Å²) in [6, 6.07) is 0. The Morgan fingerprint density at radius 3 is 1.71 bits per heavy atom. The topological polar surface area (TPSA) is 74.6 Å². The molecule has 44 valence electrons. The highest BCUT2D eigenvalue weighted by Crippen LogP contribution is 1.66. The SMILES string of the molecule is CC(=O)O.O=[PH2]O. The van der Waals surface area contributed by atoms with E-state index in [1.165, 1.54) is 0 Å². The first-order chi connectivity index (χ1) is 3.15. The Bertz CT molecular complexity index is 56.7. The molecule has 2 N–H and O–H groups in total. The lowest BCUT2D eigenvalue weighted by atomic mass is 10.9. The van der Waals surface area contributed by atoms with Gasteiger partial charge >= 0.3 is 0 Å². The van der Waals surface area contributed by atoms with E-state index in [2.05, 4.69) is 0 Å². The van der Waals surface area contributed by atoms with E-state index in [0.717, 1.165) is 6.92 Å². The molecular formula is C2H7O4P. The van der Waals surface area contributed by atoms with Gasteiger partial charge in [-0.3, -0.25) is 9.36 Å². The smallest absolute Gasteiger partial charge is 0.300 e. The lowest BCUT2D eigenvalue weighted by Crippen LogP contribution is -1.78. The fourth-order valence-corrected chi connectivity index (χ4v) is 0. The van der Waals surface area contributed by atoms with Gasteiger partial charge in [0.1, 0.15) is 0 Å². The number of hydrogen-bond acceptors (Lipinski definition) is 2. The molecule has 0 saturated heterocycles. The van der Waals surface area contributed by atoms with Crippen LogP contribution in [0.25, 0.3) is 0 Å². The van der Waals surface area contributed by atoms with E-state index in [0.29, 0.717) is 0 Å². The zero-order valence-electron chi connectivity index (χ0n) is 3.79. The van der Waals surface area contributed by atoms with Crippen molar-refractivity contribution in [2.45, 2.75) is 6.92 Å². The average molecular weight is 126 g/mol. The maximum atomic E-state index is 9.00. The van der Waals surface area contributed by atoms with Gasteiger partial charge in [-0.25, -0.2) is 0 Å². The Morgan fingerprint density at radius 2 is 1.71 bits per heavy atom. The second-order valence-electron chi connectivity index (χ2n) is 0.624. The van der Waals surface area contributed by atoms with Crippen molar-refractivity contribution in [2.75, 3.05) is 0 Å². The van der Waals surface area contributed by atoms with Crippen LogP contribution >= 0.6 is 8.69 Å². The second-order valence-corrected chi connectivity index (χ2v) is 0.835. The summed E-state index contributed by atoms with van der Waals surface area (Å²) in [4.78, 5) is 16.1. The molecule has 0 aromatic rings. The van der Waals surface area contributed by atoms with Crippen LogP contribution in [0.3, 0.4) is 0 Å². The molecule has 0 aliphatic rings. The minimum Gasteiger partial charge on any atom is -0.481 e. The molecular weight excluding hydrogens is 119 g/mol. The lowest BCUT2D eigenvalue weighted by molar-refractivity contribution is -0.134. The number of hydrogen-bond donors (Lipinski definition) is 2. The van der Waals surface area contributed by atoms with Crippen LogP contribution < -0.4 is 0 Å². The molecule has 5 heteroatoms. The number of carbonyl (C=O) groups is 1. The Balaban J connectivity index is 0. The average Bonchev–Trinajstić information content (AvgIpc) is 1.33. The van der Waals surface area contributed by atoms with Gasteiger partial charge in [-0.1, -0.05) is 0 Å². The monoisotopic (exact) mass is 126 g/mol. The van der Waals surface area contributed by atoms with Crippen molar-refractivity contribution in [3.05, 3.63) is 0 Å². The fraction of sp³-hybridized carbons (Fsp3) is 0.500. The zero-order valence-corrected chi connectivity index (χ0v) is 4.94. The summed E-state index contributed by atoms with van der Waals surface area (Å²) in [7, 11) is -1.50. The highest BCUT2D eigenvalue weighted by Gasteiger charge is 1.65. The second kappa shape index (κ2) is 9.18. The molecule has 1 atom stereocenters. The summed E-state index contributed by atoms with van der Waals surface area (Å²) in [6.07, 6.45) is 0. The van der Waals surface area contributed by atoms with Crippen molar-refractivity contribution < 1.29 is 19.4 Å². The van der Waals surface area contributed by atoms with Crippen molar-refractivity contribution in [1.82, 2.24) is 0 Å². The van der Waals surface area contributed by atoms with Crippen molar-refractivity contribution in [1.29, 1.82) is 0 Å². The van der Waals surface area contributed by atoms with E-state index in [1.807, 2.05) is 0 Å². The van der Waals surface area contributed by atoms with Gasteiger partial charge in [-0.2, -0.15) is 0 Å². The largest absolute Gasteiger partial charge is 0.481 e. The normalized spacial score (nSPS) is 7.71. The molecule has 0 saturated carbocycles. The number of carboxylic acid groups (broad SMARTS) is 1. The molecule has 0 aliphatic heterocycles. The molecule has 0 bridgehead atoms. The first kappa shape index (κ1) is 9.83. The maximum absolute atomic E-state index is 9.00. The van der Waals surface area contributed by atoms with Crippen LogP contribution in [0.1, 0.15) is 6.92 Å². The molecule has 0 aromatic heterocycles. The quantitative estimate of drug-likeness (QED) is 0.438. The third kappa shape index (κ3) is 656. The van der Waals surface area contributed by atoms with Crippen molar-refractivity contribution >= 4 is 14.7 Å². The van der Waals surface area contributed by atoms with Gasteiger partial charge in [0.05, 0.1) is 0 Å². The molecule has 0 fully saturated rings. The van der Waals surface area contributed by atoms with Crippen LogP contribution in [0, 0.1) is 0 Å². The van der Waals surface area contributed by atoms with Crippen LogP contribution in [0.15, 0.2) is 0 Å². The Hall–Kier alpha value is -0.340. The van der Waals surface area contributed by atoms with Crippen LogP contribution in [-0.4, -0.2) is 16.0 Å². The molecule has 0 aromatic carbocycles. The van der Waals surface area contributed by atoms with Crippen LogP contribution in [-0.2, 0) is 9.36 Å². The minimum absolute atomic E-state index is 0.833. The highest BCUT2D eigenvalue weighted by molar-refractivity contribution is 7.16. The van der Waals surface area contributed by atoms with E-state index < -0.39 is 14.7 Å². The van der Waals surface area contributed by atoms with E-state index in [9.17, 15) is 0 Å². The zero-order chi connectivity index (χ0) is 6.28. The molecule has 0 amide bonds. The standard InChI is InChI=1S/C2H4O2.H3O2P/c1-2(3)4;1-3-2/h1H3,(H,3,4);3H2,(H,1,2). The van der Waals surface area contributed by atoms with Crippen molar-refractivity contribution in [3.63, 3.8) is 0 Å². The predicted octanol–water partition coefficient (Wildman–Crippen LogP) is -0.259. The third-order valence-corrected chi connectivity index (χ3v) is 0. The van der Waals surface area contributed by atoms with Gasteiger partial charge in [-0.05, 0) is 0 Å². The summed E-state index contributed by atoms with van der Waals surface area (Å²) in [5.74, 6) is -0.833. The van der Waals surface area contributed by atoms with Crippen LogP contribution in [0.5, 0.6) is 0 Å². The summed E-state index contributed by atoms with van der Waals surface area (Å²) in [5, 5.41) is 7.42. The summed E-state index contributed by atoms with van der Waals surface area (Å²) >= 11 is 0. The van der Waals surface area contributed by atoms with E-state index in [-0.39, 0.29) is 0 Å². The Morgan fingerprint density at radius 1 is 1.71 bits per heavy atom. The van der Waals surface area contributed by atoms with E-state index in [4.69, 9.17) is 19.4 Å². The summed E-state index contributed by atoms with van der Waals surface area (Å²) < 4.78 is 8.57. The predicted molar refractivity (Wildman–Crippen MR) is 25.9 cm³/mol. The van der Waals surface area contributed by atoms with Gasteiger partial charge in [0.15, 0.2) is 8.69 Å². The van der Waals surface area contributed by atoms with E-state index in [1.54, 1.807) is 0 Å². The van der Waals surface area contributed by atoms with Crippen molar-refractivity contribution in [3.8, 4) is 0 Å². The molecule has 1 unspecified atom stereocenters. The molecule has 0 spiro atoms. The Kier molecular flexibility index (Phi) is 12.9. The first-order valence-corrected chi connectivity index (χ1v) is 2.41. The molecule has 0 radical (unpaired) electrons. The van der Waals surface area contributed by atoms with Gasteiger partial charge in [0, 0.05) is 6.92 Å². The molecule has 0 heterocycles. The van der Waals surface area contributed by atoms with Crippen molar-refractivity contribution in [2.24, 2.45) is 0 Å². The molecule has 0 aliphatic carbocycles. The third-order valence-electron chi connectivity index (χ3n) is 0. The van der Waals surface area contributed by atoms with Gasteiger partial charge < -0.3 is 10.00 Å². The summed E-state index contributed by atoms with van der Waals surface area (Å²) in [6.45, 7) is 1.08. The van der Waals surface area contributed by atoms with Crippen LogP contribution in [0.4, 0.5) is 0 Å². The van der Waals surface area contributed by atoms with Gasteiger partial charge in [0.2, 0.25) is 0 Å². The highest BCUT2D eigenvalue weighted by atomic mass is 31.1. The fourth-order valence-electron chi connectivity index (χ4n) is 0. The molecule has 4 nitrogen and oxygen atoms in total. The van der Waals surface area contributed by atoms with Gasteiger partial charge in [-0.15, -0.1) is 0 Å². The maximum Gasteiger partial charge on any atom is 0.300 e. The minimum atomic E-state index is -1.50. The molecule has 7 heavy (non-hydrogen) atoms. The van der Waals surface area contributed by atoms with E-state index >= 15 is 0 Å². The number of rotatable bonds is 0. The summed E-state index contributed by atoms with van der Waals surface area (Å²) in [5.41, 5.74) is 0.